The number of phenols is 1. The maximum absolute atomic E-state index is 11.9. The van der Waals surface area contributed by atoms with Crippen LogP contribution in [0.15, 0.2) is 24.3 Å². The maximum Gasteiger partial charge on any atom is 0.405 e. The number of amides is 3. The van der Waals surface area contributed by atoms with E-state index in [1.54, 1.807) is 24.4 Å². The lowest BCUT2D eigenvalue weighted by molar-refractivity contribution is -0.124. The van der Waals surface area contributed by atoms with Crippen molar-refractivity contribution >= 4 is 11.9 Å². The van der Waals surface area contributed by atoms with Crippen LogP contribution in [0.4, 0.5) is 18.0 Å². The van der Waals surface area contributed by atoms with Crippen LogP contribution in [0.2, 0.25) is 0 Å². The standard InChI is InChI=1S/C15H20F3N3O4/c1-14(9-22,10-3-2-4-11(23)7-10)20-6-5-12(24)21-13(25)19-8-15(16,17)18/h2-4,7,20,22-23H,5-6,8-9H2,1H3,(H2,19,21,24,25). The lowest BCUT2D eigenvalue weighted by Gasteiger charge is -2.29. The molecule has 0 heterocycles. The molecule has 0 fully saturated rings. The van der Waals surface area contributed by atoms with E-state index >= 15 is 0 Å². The van der Waals surface area contributed by atoms with Crippen LogP contribution >= 0.6 is 0 Å². The van der Waals surface area contributed by atoms with Crippen LogP contribution in [0.5, 0.6) is 5.75 Å². The van der Waals surface area contributed by atoms with Gasteiger partial charge in [-0.1, -0.05) is 12.1 Å². The summed E-state index contributed by atoms with van der Waals surface area (Å²) >= 11 is 0. The maximum atomic E-state index is 11.9. The first kappa shape index (κ1) is 20.7. The number of phenolic OH excluding ortho intramolecular Hbond substituents is 1. The summed E-state index contributed by atoms with van der Waals surface area (Å²) in [5, 5.41) is 25.3. The number of aliphatic hydroxyl groups excluding tert-OH is 1. The number of carbonyl (C=O) groups is 2. The first-order valence-electron chi connectivity index (χ1n) is 7.35. The third-order valence-electron chi connectivity index (χ3n) is 3.37. The molecule has 7 nitrogen and oxygen atoms in total. The third kappa shape index (κ3) is 7.40. The highest BCUT2D eigenvalue weighted by molar-refractivity contribution is 5.94. The number of rotatable bonds is 7. The van der Waals surface area contributed by atoms with Gasteiger partial charge < -0.3 is 20.8 Å². The van der Waals surface area contributed by atoms with Crippen molar-refractivity contribution in [1.29, 1.82) is 0 Å². The molecule has 0 radical (unpaired) electrons. The van der Waals surface area contributed by atoms with Gasteiger partial charge in [-0.15, -0.1) is 0 Å². The van der Waals surface area contributed by atoms with Crippen molar-refractivity contribution in [3.05, 3.63) is 29.8 Å². The molecule has 140 valence electrons. The summed E-state index contributed by atoms with van der Waals surface area (Å²) in [5.74, 6) is -0.763. The molecule has 0 aliphatic heterocycles. The molecule has 0 bridgehead atoms. The number of aliphatic hydroxyl groups is 1. The molecule has 0 aromatic heterocycles. The fourth-order valence-electron chi connectivity index (χ4n) is 1.96. The van der Waals surface area contributed by atoms with Crippen molar-refractivity contribution in [2.45, 2.75) is 25.1 Å². The van der Waals surface area contributed by atoms with Crippen LogP contribution < -0.4 is 16.0 Å². The van der Waals surface area contributed by atoms with Gasteiger partial charge in [0.05, 0.1) is 12.1 Å². The van der Waals surface area contributed by atoms with E-state index in [1.807, 2.05) is 0 Å². The lowest BCUT2D eigenvalue weighted by atomic mass is 9.92. The van der Waals surface area contributed by atoms with Crippen molar-refractivity contribution in [2.75, 3.05) is 19.7 Å². The second-order valence-electron chi connectivity index (χ2n) is 5.56. The molecule has 0 aliphatic carbocycles. The Balaban J connectivity index is 2.46. The van der Waals surface area contributed by atoms with E-state index in [2.05, 4.69) is 5.32 Å². The van der Waals surface area contributed by atoms with Gasteiger partial charge in [0.15, 0.2) is 0 Å². The average molecular weight is 363 g/mol. The summed E-state index contributed by atoms with van der Waals surface area (Å²) in [6.45, 7) is -0.171. The molecule has 1 atom stereocenters. The van der Waals surface area contributed by atoms with Gasteiger partial charge in [0.1, 0.15) is 12.3 Å². The number of nitrogens with one attached hydrogen (secondary N) is 3. The highest BCUT2D eigenvalue weighted by Crippen LogP contribution is 2.23. The van der Waals surface area contributed by atoms with Gasteiger partial charge in [-0.2, -0.15) is 13.2 Å². The summed E-state index contributed by atoms with van der Waals surface area (Å²) in [6.07, 6.45) is -4.76. The molecule has 0 spiro atoms. The molecular formula is C15H20F3N3O4. The van der Waals surface area contributed by atoms with Crippen LogP contribution in [-0.4, -0.2) is 48.0 Å². The average Bonchev–Trinajstić information content (AvgIpc) is 2.52. The van der Waals surface area contributed by atoms with Crippen LogP contribution in [0, 0.1) is 0 Å². The monoisotopic (exact) mass is 363 g/mol. The zero-order valence-electron chi connectivity index (χ0n) is 13.5. The minimum Gasteiger partial charge on any atom is -0.508 e. The Hall–Kier alpha value is -2.33. The van der Waals surface area contributed by atoms with Crippen molar-refractivity contribution in [3.63, 3.8) is 0 Å². The molecule has 1 aromatic rings. The van der Waals surface area contributed by atoms with Crippen molar-refractivity contribution < 1.29 is 33.0 Å². The van der Waals surface area contributed by atoms with Crippen molar-refractivity contribution in [2.24, 2.45) is 0 Å². The molecule has 10 heteroatoms. The number of urea groups is 1. The van der Waals surface area contributed by atoms with Gasteiger partial charge in [0.25, 0.3) is 0 Å². The first-order valence-corrected chi connectivity index (χ1v) is 7.35. The Morgan fingerprint density at radius 2 is 1.92 bits per heavy atom. The van der Waals surface area contributed by atoms with E-state index in [1.165, 1.54) is 17.4 Å². The van der Waals surface area contributed by atoms with Gasteiger partial charge in [-0.3, -0.25) is 10.1 Å². The van der Waals surface area contributed by atoms with Crippen molar-refractivity contribution in [1.82, 2.24) is 16.0 Å². The highest BCUT2D eigenvalue weighted by Gasteiger charge is 2.28. The van der Waals surface area contributed by atoms with E-state index in [0.717, 1.165) is 0 Å². The van der Waals surface area contributed by atoms with Crippen LogP contribution in [0.3, 0.4) is 0 Å². The zero-order valence-corrected chi connectivity index (χ0v) is 13.5. The molecule has 0 aliphatic rings. The number of halogens is 3. The predicted molar refractivity (Wildman–Crippen MR) is 82.8 cm³/mol. The summed E-state index contributed by atoms with van der Waals surface area (Å²) in [4.78, 5) is 22.7. The van der Waals surface area contributed by atoms with E-state index in [4.69, 9.17) is 0 Å². The normalized spacial score (nSPS) is 13.8. The smallest absolute Gasteiger partial charge is 0.405 e. The van der Waals surface area contributed by atoms with Crippen molar-refractivity contribution in [3.8, 4) is 5.75 Å². The molecule has 3 amide bonds. The van der Waals surface area contributed by atoms with Gasteiger partial charge >= 0.3 is 12.2 Å². The summed E-state index contributed by atoms with van der Waals surface area (Å²) < 4.78 is 35.8. The number of aromatic hydroxyl groups is 1. The minimum atomic E-state index is -4.56. The highest BCUT2D eigenvalue weighted by atomic mass is 19.4. The summed E-state index contributed by atoms with van der Waals surface area (Å²) in [6, 6.07) is 4.95. The fraction of sp³-hybridized carbons (Fsp3) is 0.467. The Morgan fingerprint density at radius 1 is 1.24 bits per heavy atom. The Labute approximate surface area is 142 Å². The number of benzene rings is 1. The molecule has 25 heavy (non-hydrogen) atoms. The Kier molecular flexibility index (Phi) is 7.19. The first-order chi connectivity index (χ1) is 11.6. The lowest BCUT2D eigenvalue weighted by Crippen LogP contribution is -2.46. The van der Waals surface area contributed by atoms with Gasteiger partial charge in [-0.25, -0.2) is 4.79 Å². The number of hydrogen-bond acceptors (Lipinski definition) is 5. The molecule has 1 rings (SSSR count). The Bertz CT molecular complexity index is 610. The fourth-order valence-corrected chi connectivity index (χ4v) is 1.96. The van der Waals surface area contributed by atoms with Gasteiger partial charge in [0.2, 0.25) is 5.91 Å². The summed E-state index contributed by atoms with van der Waals surface area (Å²) in [5.41, 5.74) is -0.365. The minimum absolute atomic E-state index is 0.0121. The Morgan fingerprint density at radius 3 is 2.48 bits per heavy atom. The molecule has 1 aromatic carbocycles. The zero-order chi connectivity index (χ0) is 19.1. The summed E-state index contributed by atoms with van der Waals surface area (Å²) in [7, 11) is 0. The second-order valence-corrected chi connectivity index (χ2v) is 5.56. The van der Waals surface area contributed by atoms with Crippen LogP contribution in [0.25, 0.3) is 0 Å². The molecule has 0 saturated heterocycles. The van der Waals surface area contributed by atoms with E-state index in [0.29, 0.717) is 5.56 Å². The van der Waals surface area contributed by atoms with Crippen LogP contribution in [0.1, 0.15) is 18.9 Å². The SMILES string of the molecule is CC(CO)(NCCC(=O)NC(=O)NCC(F)(F)F)c1cccc(O)c1. The largest absolute Gasteiger partial charge is 0.508 e. The van der Waals surface area contributed by atoms with Gasteiger partial charge in [-0.05, 0) is 24.6 Å². The van der Waals surface area contributed by atoms with E-state index in [9.17, 15) is 33.0 Å². The van der Waals surface area contributed by atoms with Crippen LogP contribution in [-0.2, 0) is 10.3 Å². The third-order valence-corrected chi connectivity index (χ3v) is 3.37. The topological polar surface area (TPSA) is 111 Å². The predicted octanol–water partition coefficient (Wildman–Crippen LogP) is 0.968. The number of imide groups is 1. The molecule has 5 N–H and O–H groups in total. The quantitative estimate of drug-likeness (QED) is 0.496. The molecule has 1 unspecified atom stereocenters. The van der Waals surface area contributed by atoms with E-state index in [-0.39, 0.29) is 25.3 Å². The molecular weight excluding hydrogens is 343 g/mol. The second kappa shape index (κ2) is 8.67. The number of carbonyl (C=O) groups excluding carboxylic acids is 2. The van der Waals surface area contributed by atoms with E-state index < -0.39 is 30.2 Å². The number of hydrogen-bond donors (Lipinski definition) is 5. The molecule has 0 saturated carbocycles. The van der Waals surface area contributed by atoms with Gasteiger partial charge in [0, 0.05) is 13.0 Å². The number of alkyl halides is 3.